The Hall–Kier alpha value is -2.03. The van der Waals surface area contributed by atoms with E-state index in [1.807, 2.05) is 23.0 Å². The molecule has 4 heterocycles. The van der Waals surface area contributed by atoms with Crippen molar-refractivity contribution in [2.24, 2.45) is 5.92 Å². The third kappa shape index (κ3) is 4.63. The lowest BCUT2D eigenvalue weighted by molar-refractivity contribution is -0.121. The first kappa shape index (κ1) is 18.3. The van der Waals surface area contributed by atoms with Gasteiger partial charge in [0.05, 0.1) is 18.3 Å². The van der Waals surface area contributed by atoms with Gasteiger partial charge >= 0.3 is 0 Å². The highest BCUT2D eigenvalue weighted by atomic mass is 79.9. The molecule has 3 aromatic heterocycles. The summed E-state index contributed by atoms with van der Waals surface area (Å²) in [5, 5.41) is 11.7. The number of nitrogens with one attached hydrogen (secondary N) is 1. The maximum atomic E-state index is 12.6. The Morgan fingerprint density at radius 1 is 1.33 bits per heavy atom. The van der Waals surface area contributed by atoms with E-state index in [2.05, 4.69) is 53.1 Å². The van der Waals surface area contributed by atoms with Crippen molar-refractivity contribution >= 4 is 39.0 Å². The van der Waals surface area contributed by atoms with Crippen molar-refractivity contribution in [1.82, 2.24) is 19.7 Å². The third-order valence-electron chi connectivity index (χ3n) is 4.66. The van der Waals surface area contributed by atoms with E-state index < -0.39 is 0 Å². The summed E-state index contributed by atoms with van der Waals surface area (Å²) in [4.78, 5) is 19.1. The Morgan fingerprint density at radius 3 is 3.04 bits per heavy atom. The van der Waals surface area contributed by atoms with Gasteiger partial charge in [-0.05, 0) is 65.0 Å². The van der Waals surface area contributed by atoms with Crippen LogP contribution in [0.3, 0.4) is 0 Å². The summed E-state index contributed by atoms with van der Waals surface area (Å²) in [5.41, 5.74) is 2.14. The minimum absolute atomic E-state index is 0.0314. The van der Waals surface area contributed by atoms with Crippen LogP contribution in [0.4, 0.5) is 5.82 Å². The zero-order valence-corrected chi connectivity index (χ0v) is 17.1. The molecule has 8 heteroatoms. The third-order valence-corrected chi connectivity index (χ3v) is 5.81. The fraction of sp³-hybridized carbons (Fsp3) is 0.316. The van der Waals surface area contributed by atoms with Crippen molar-refractivity contribution in [3.8, 4) is 11.3 Å². The second kappa shape index (κ2) is 8.33. The molecule has 1 N–H and O–H groups in total. The number of likely N-dealkylation sites (tertiary alicyclic amines) is 1. The number of pyridine rings is 1. The van der Waals surface area contributed by atoms with Crippen molar-refractivity contribution in [3.63, 3.8) is 0 Å². The molecule has 140 valence electrons. The Kier molecular flexibility index (Phi) is 5.66. The highest BCUT2D eigenvalue weighted by Crippen LogP contribution is 2.22. The number of nitrogens with zero attached hydrogens (tertiary/aromatic N) is 4. The van der Waals surface area contributed by atoms with Gasteiger partial charge in [-0.1, -0.05) is 0 Å². The van der Waals surface area contributed by atoms with E-state index in [0.717, 1.165) is 41.7 Å². The van der Waals surface area contributed by atoms with Gasteiger partial charge in [0.1, 0.15) is 5.82 Å². The molecule has 1 atom stereocenters. The molecule has 0 saturated carbocycles. The molecule has 0 spiro atoms. The van der Waals surface area contributed by atoms with E-state index in [0.29, 0.717) is 12.5 Å². The van der Waals surface area contributed by atoms with Crippen LogP contribution in [0.5, 0.6) is 0 Å². The molecule has 1 aliphatic rings. The van der Waals surface area contributed by atoms with Gasteiger partial charge in [-0.2, -0.15) is 16.4 Å². The Bertz CT molecular complexity index is 893. The molecule has 1 saturated heterocycles. The van der Waals surface area contributed by atoms with Gasteiger partial charge in [-0.3, -0.25) is 14.4 Å². The first-order chi connectivity index (χ1) is 13.2. The van der Waals surface area contributed by atoms with Gasteiger partial charge in [0, 0.05) is 34.4 Å². The molecule has 1 unspecified atom stereocenters. The fourth-order valence-corrected chi connectivity index (χ4v) is 4.17. The van der Waals surface area contributed by atoms with Crippen LogP contribution in [0.15, 0.2) is 51.9 Å². The van der Waals surface area contributed by atoms with Crippen LogP contribution in [0.2, 0.25) is 0 Å². The Labute approximate surface area is 170 Å². The van der Waals surface area contributed by atoms with Crippen LogP contribution in [-0.2, 0) is 11.5 Å². The number of piperidine rings is 1. The normalized spacial score (nSPS) is 17.7. The van der Waals surface area contributed by atoms with Crippen LogP contribution >= 0.6 is 27.3 Å². The van der Waals surface area contributed by atoms with Gasteiger partial charge in [-0.25, -0.2) is 4.98 Å². The molecule has 0 radical (unpaired) electrons. The molecule has 1 aliphatic heterocycles. The molecular weight excluding hydrogens is 426 g/mol. The van der Waals surface area contributed by atoms with Crippen LogP contribution < -0.4 is 5.32 Å². The zero-order chi connectivity index (χ0) is 18.6. The summed E-state index contributed by atoms with van der Waals surface area (Å²) in [5.74, 6) is 0.595. The SMILES string of the molecule is O=C(Nc1ccc(Br)cn1)C1CCCN(Cn2ccc(-c3ccsc3)n2)C1. The number of hydrogen-bond acceptors (Lipinski definition) is 5. The average Bonchev–Trinajstić information content (AvgIpc) is 3.35. The minimum atomic E-state index is -0.0314. The van der Waals surface area contributed by atoms with E-state index in [9.17, 15) is 4.79 Å². The highest BCUT2D eigenvalue weighted by Gasteiger charge is 2.26. The number of anilines is 1. The van der Waals surface area contributed by atoms with Crippen LogP contribution in [0, 0.1) is 5.92 Å². The maximum Gasteiger partial charge on any atom is 0.229 e. The number of amides is 1. The minimum Gasteiger partial charge on any atom is -0.310 e. The van der Waals surface area contributed by atoms with E-state index >= 15 is 0 Å². The number of halogens is 1. The number of rotatable bonds is 5. The first-order valence-corrected chi connectivity index (χ1v) is 10.6. The van der Waals surface area contributed by atoms with Crippen molar-refractivity contribution in [2.45, 2.75) is 19.5 Å². The number of hydrogen-bond donors (Lipinski definition) is 1. The highest BCUT2D eigenvalue weighted by molar-refractivity contribution is 9.10. The summed E-state index contributed by atoms with van der Waals surface area (Å²) in [6.45, 7) is 2.41. The smallest absolute Gasteiger partial charge is 0.229 e. The predicted molar refractivity (Wildman–Crippen MR) is 110 cm³/mol. The van der Waals surface area contributed by atoms with Crippen LogP contribution in [0.25, 0.3) is 11.3 Å². The fourth-order valence-electron chi connectivity index (χ4n) is 3.29. The second-order valence-corrected chi connectivity index (χ2v) is 8.36. The number of thiophene rings is 1. The van der Waals surface area contributed by atoms with Gasteiger partial charge in [0.2, 0.25) is 5.91 Å². The van der Waals surface area contributed by atoms with Crippen molar-refractivity contribution in [1.29, 1.82) is 0 Å². The topological polar surface area (TPSA) is 63.1 Å². The molecule has 1 amide bonds. The lowest BCUT2D eigenvalue weighted by atomic mass is 9.97. The van der Waals surface area contributed by atoms with Gasteiger partial charge in [-0.15, -0.1) is 0 Å². The first-order valence-electron chi connectivity index (χ1n) is 8.88. The molecular formula is C19H20BrN5OS. The van der Waals surface area contributed by atoms with E-state index in [1.54, 1.807) is 23.6 Å². The Balaban J connectivity index is 1.35. The van der Waals surface area contributed by atoms with Crippen molar-refractivity contribution in [2.75, 3.05) is 18.4 Å². The largest absolute Gasteiger partial charge is 0.310 e. The van der Waals surface area contributed by atoms with Crippen LogP contribution in [0.1, 0.15) is 12.8 Å². The van der Waals surface area contributed by atoms with Gasteiger partial charge < -0.3 is 5.32 Å². The number of aromatic nitrogens is 3. The number of carbonyl (C=O) groups is 1. The van der Waals surface area contributed by atoms with E-state index in [4.69, 9.17) is 0 Å². The molecule has 1 fully saturated rings. The van der Waals surface area contributed by atoms with Crippen molar-refractivity contribution < 1.29 is 4.79 Å². The molecule has 0 aromatic carbocycles. The zero-order valence-electron chi connectivity index (χ0n) is 14.7. The second-order valence-electron chi connectivity index (χ2n) is 6.66. The summed E-state index contributed by atoms with van der Waals surface area (Å²) >= 11 is 5.02. The monoisotopic (exact) mass is 445 g/mol. The van der Waals surface area contributed by atoms with Gasteiger partial charge in [0.15, 0.2) is 0 Å². The molecule has 4 rings (SSSR count). The molecule has 27 heavy (non-hydrogen) atoms. The molecule has 6 nitrogen and oxygen atoms in total. The summed E-state index contributed by atoms with van der Waals surface area (Å²) in [7, 11) is 0. The maximum absolute atomic E-state index is 12.6. The molecule has 0 aliphatic carbocycles. The molecule has 0 bridgehead atoms. The summed E-state index contributed by atoms with van der Waals surface area (Å²) in [6, 6.07) is 7.79. The summed E-state index contributed by atoms with van der Waals surface area (Å²) < 4.78 is 2.84. The quantitative estimate of drug-likeness (QED) is 0.642. The number of carbonyl (C=O) groups excluding carboxylic acids is 1. The lowest BCUT2D eigenvalue weighted by Crippen LogP contribution is -2.41. The predicted octanol–water partition coefficient (Wildman–Crippen LogP) is 4.08. The van der Waals surface area contributed by atoms with E-state index in [1.165, 1.54) is 0 Å². The standard InChI is InChI=1S/C19H20BrN5OS/c20-16-3-4-18(21-10-16)22-19(26)14-2-1-7-24(11-14)13-25-8-5-17(23-25)15-6-9-27-12-15/h3-6,8-10,12,14H,1-2,7,11,13H2,(H,21,22,26). The average molecular weight is 446 g/mol. The lowest BCUT2D eigenvalue weighted by Gasteiger charge is -2.31. The van der Waals surface area contributed by atoms with E-state index in [-0.39, 0.29) is 11.8 Å². The molecule has 3 aromatic rings. The Morgan fingerprint density at radius 2 is 2.26 bits per heavy atom. The van der Waals surface area contributed by atoms with Crippen LogP contribution in [-0.4, -0.2) is 38.7 Å². The van der Waals surface area contributed by atoms with Crippen molar-refractivity contribution in [3.05, 3.63) is 51.9 Å². The summed E-state index contributed by atoms with van der Waals surface area (Å²) in [6.07, 6.45) is 5.59. The van der Waals surface area contributed by atoms with Gasteiger partial charge in [0.25, 0.3) is 0 Å².